The normalized spacial score (nSPS) is 33.3. The molecule has 0 aromatic heterocycles. The second kappa shape index (κ2) is 3.48. The van der Waals surface area contributed by atoms with Gasteiger partial charge in [0, 0.05) is 13.6 Å². The van der Waals surface area contributed by atoms with Crippen LogP contribution < -0.4 is 5.32 Å². The Morgan fingerprint density at radius 3 is 2.67 bits per heavy atom. The summed E-state index contributed by atoms with van der Waals surface area (Å²) in [5, 5.41) is 10.5. The van der Waals surface area contributed by atoms with E-state index in [0.717, 1.165) is 32.4 Å². The number of likely N-dealkylation sites (tertiary alicyclic amines) is 1. The minimum atomic E-state index is -0.359. The summed E-state index contributed by atoms with van der Waals surface area (Å²) in [6, 6.07) is -0.135. The molecule has 2 saturated heterocycles. The highest BCUT2D eigenvalue weighted by Crippen LogP contribution is 2.31. The third-order valence-electron chi connectivity index (χ3n) is 3.68. The average molecular weight is 210 g/mol. The Kier molecular flexibility index (Phi) is 2.42. The largest absolute Gasteiger partial charge is 0.323 e. The second-order valence-corrected chi connectivity index (χ2v) is 4.55. The van der Waals surface area contributed by atoms with Gasteiger partial charge in [0.15, 0.2) is 0 Å². The molecule has 0 radical (unpaired) electrons. The predicted molar refractivity (Wildman–Crippen MR) is 58.1 cm³/mol. The Morgan fingerprint density at radius 1 is 1.33 bits per heavy atom. The molecule has 1 unspecified atom stereocenters. The number of carbonyl (C=O) groups excluding carboxylic acids is 1. The molecule has 0 aliphatic carbocycles. The van der Waals surface area contributed by atoms with E-state index < -0.39 is 0 Å². The molecule has 2 heterocycles. The van der Waals surface area contributed by atoms with E-state index >= 15 is 0 Å². The molecule has 2 aliphatic heterocycles. The number of hydrogen-bond acceptors (Lipinski definition) is 3. The molecule has 2 N–H and O–H groups in total. The van der Waals surface area contributed by atoms with Crippen LogP contribution in [-0.4, -0.2) is 54.4 Å². The Morgan fingerprint density at radius 2 is 2.07 bits per heavy atom. The topological polar surface area (TPSA) is 59.4 Å². The van der Waals surface area contributed by atoms with Crippen LogP contribution in [0.2, 0.25) is 0 Å². The molecule has 0 bridgehead atoms. The van der Waals surface area contributed by atoms with Crippen molar-refractivity contribution in [1.82, 2.24) is 15.1 Å². The summed E-state index contributed by atoms with van der Waals surface area (Å²) >= 11 is 0. The van der Waals surface area contributed by atoms with Gasteiger partial charge < -0.3 is 9.80 Å². The molecule has 5 nitrogen and oxygen atoms in total. The van der Waals surface area contributed by atoms with Crippen molar-refractivity contribution in [2.24, 2.45) is 0 Å². The van der Waals surface area contributed by atoms with E-state index in [9.17, 15) is 4.79 Å². The maximum Gasteiger partial charge on any atom is 0.323 e. The fourth-order valence-electron chi connectivity index (χ4n) is 2.51. The molecule has 0 aromatic carbocycles. The monoisotopic (exact) mass is 210 g/mol. The van der Waals surface area contributed by atoms with Crippen LogP contribution >= 0.6 is 0 Å². The molecule has 2 amide bonds. The Bertz CT molecular complexity index is 304. The molecular formula is C10H18N4O. The van der Waals surface area contributed by atoms with Crippen LogP contribution in [-0.2, 0) is 0 Å². The summed E-state index contributed by atoms with van der Waals surface area (Å²) in [7, 11) is 3.88. The summed E-state index contributed by atoms with van der Waals surface area (Å²) in [6.45, 7) is 2.00. The Balaban J connectivity index is 2.24. The van der Waals surface area contributed by atoms with Crippen LogP contribution in [0.4, 0.5) is 4.79 Å². The van der Waals surface area contributed by atoms with E-state index in [0.29, 0.717) is 5.84 Å². The van der Waals surface area contributed by atoms with Gasteiger partial charge in [-0.15, -0.1) is 0 Å². The number of amidine groups is 1. The first kappa shape index (κ1) is 10.4. The lowest BCUT2D eigenvalue weighted by Crippen LogP contribution is -2.48. The number of hydrogen-bond donors (Lipinski definition) is 2. The van der Waals surface area contributed by atoms with Crippen molar-refractivity contribution in [2.75, 3.05) is 27.2 Å². The summed E-state index contributed by atoms with van der Waals surface area (Å²) in [4.78, 5) is 15.5. The van der Waals surface area contributed by atoms with Crippen molar-refractivity contribution < 1.29 is 4.79 Å². The molecule has 2 rings (SSSR count). The van der Waals surface area contributed by atoms with Gasteiger partial charge >= 0.3 is 6.03 Å². The summed E-state index contributed by atoms with van der Waals surface area (Å²) < 4.78 is 0. The van der Waals surface area contributed by atoms with Crippen LogP contribution in [0.25, 0.3) is 0 Å². The van der Waals surface area contributed by atoms with Gasteiger partial charge in [-0.1, -0.05) is 0 Å². The van der Waals surface area contributed by atoms with E-state index in [2.05, 4.69) is 17.3 Å². The average Bonchev–Trinajstić information content (AvgIpc) is 2.39. The summed E-state index contributed by atoms with van der Waals surface area (Å²) in [5.41, 5.74) is -0.359. The molecule has 84 valence electrons. The molecule has 5 heteroatoms. The van der Waals surface area contributed by atoms with Gasteiger partial charge in [0.2, 0.25) is 0 Å². The third kappa shape index (κ3) is 1.51. The summed E-state index contributed by atoms with van der Waals surface area (Å²) in [5.74, 6) is 0.380. The highest BCUT2D eigenvalue weighted by atomic mass is 16.2. The van der Waals surface area contributed by atoms with Crippen molar-refractivity contribution in [1.29, 1.82) is 5.41 Å². The number of carbonyl (C=O) groups is 1. The van der Waals surface area contributed by atoms with Crippen LogP contribution in [0, 0.1) is 5.41 Å². The van der Waals surface area contributed by atoms with E-state index in [4.69, 9.17) is 5.41 Å². The van der Waals surface area contributed by atoms with E-state index in [1.54, 1.807) is 11.9 Å². The first-order chi connectivity index (χ1) is 7.06. The maximum atomic E-state index is 11.5. The highest BCUT2D eigenvalue weighted by Gasteiger charge is 2.48. The predicted octanol–water partition coefficient (Wildman–Crippen LogP) is 0.473. The van der Waals surface area contributed by atoms with Crippen molar-refractivity contribution in [3.05, 3.63) is 0 Å². The molecule has 1 atom stereocenters. The highest BCUT2D eigenvalue weighted by molar-refractivity contribution is 6.08. The zero-order chi connectivity index (χ0) is 11.1. The standard InChI is InChI=1S/C10H18N4O/c1-13-6-3-4-10(5-7-13)8(11)12-9(15)14(10)2/h3-7H2,1-2H3,(H2,11,12,15). The number of likely N-dealkylation sites (N-methyl/N-ethyl adjacent to an activating group) is 1. The van der Waals surface area contributed by atoms with Gasteiger partial charge in [0.1, 0.15) is 11.4 Å². The van der Waals surface area contributed by atoms with Crippen molar-refractivity contribution in [2.45, 2.75) is 24.8 Å². The van der Waals surface area contributed by atoms with Gasteiger partial charge in [0.25, 0.3) is 0 Å². The van der Waals surface area contributed by atoms with Gasteiger partial charge in [-0.3, -0.25) is 10.7 Å². The number of urea groups is 1. The van der Waals surface area contributed by atoms with E-state index in [1.807, 2.05) is 0 Å². The zero-order valence-electron chi connectivity index (χ0n) is 9.34. The maximum absolute atomic E-state index is 11.5. The van der Waals surface area contributed by atoms with Crippen molar-refractivity contribution in [3.63, 3.8) is 0 Å². The van der Waals surface area contributed by atoms with Crippen molar-refractivity contribution >= 4 is 11.9 Å². The third-order valence-corrected chi connectivity index (χ3v) is 3.68. The van der Waals surface area contributed by atoms with E-state index in [-0.39, 0.29) is 11.6 Å². The minimum absolute atomic E-state index is 0.135. The molecule has 1 spiro atoms. The Labute approximate surface area is 89.9 Å². The molecule has 2 fully saturated rings. The summed E-state index contributed by atoms with van der Waals surface area (Å²) in [6.07, 6.45) is 2.79. The first-order valence-corrected chi connectivity index (χ1v) is 5.39. The SMILES string of the molecule is CN1CCCC2(CC1)C(=N)NC(=O)N2C. The lowest BCUT2D eigenvalue weighted by atomic mass is 9.89. The smallest absolute Gasteiger partial charge is 0.315 e. The van der Waals surface area contributed by atoms with Gasteiger partial charge in [-0.25, -0.2) is 4.79 Å². The molecule has 2 aliphatic rings. The van der Waals surface area contributed by atoms with Crippen LogP contribution in [0.15, 0.2) is 0 Å². The minimum Gasteiger partial charge on any atom is -0.315 e. The number of nitrogens with one attached hydrogen (secondary N) is 2. The lowest BCUT2D eigenvalue weighted by molar-refractivity contribution is 0.183. The fourth-order valence-corrected chi connectivity index (χ4v) is 2.51. The van der Waals surface area contributed by atoms with Crippen molar-refractivity contribution in [3.8, 4) is 0 Å². The molecular weight excluding hydrogens is 192 g/mol. The molecule has 15 heavy (non-hydrogen) atoms. The van der Waals surface area contributed by atoms with Gasteiger partial charge in [-0.05, 0) is 32.9 Å². The Hall–Kier alpha value is -1.10. The molecule has 0 aromatic rings. The van der Waals surface area contributed by atoms with Crippen LogP contribution in [0.5, 0.6) is 0 Å². The van der Waals surface area contributed by atoms with Gasteiger partial charge in [0.05, 0.1) is 0 Å². The molecule has 0 saturated carbocycles. The number of rotatable bonds is 0. The quantitative estimate of drug-likeness (QED) is 0.610. The number of amides is 2. The first-order valence-electron chi connectivity index (χ1n) is 5.39. The second-order valence-electron chi connectivity index (χ2n) is 4.55. The van der Waals surface area contributed by atoms with Crippen LogP contribution in [0.3, 0.4) is 0 Å². The zero-order valence-corrected chi connectivity index (χ0v) is 9.34. The van der Waals surface area contributed by atoms with E-state index in [1.165, 1.54) is 0 Å². The van der Waals surface area contributed by atoms with Crippen LogP contribution in [0.1, 0.15) is 19.3 Å². The fraction of sp³-hybridized carbons (Fsp3) is 0.800. The number of nitrogens with zero attached hydrogens (tertiary/aromatic N) is 2. The van der Waals surface area contributed by atoms with Gasteiger partial charge in [-0.2, -0.15) is 0 Å². The lowest BCUT2D eigenvalue weighted by Gasteiger charge is -2.33.